The number of rotatable bonds is 4. The number of aliphatic hydroxyl groups is 1. The first-order chi connectivity index (χ1) is 10.7. The molecule has 0 radical (unpaired) electrons. The number of carbonyl (C=O) groups is 1. The number of ketones is 1. The molecule has 0 amide bonds. The number of benzene rings is 2. The van der Waals surface area contributed by atoms with Gasteiger partial charge >= 0.3 is 0 Å². The van der Waals surface area contributed by atoms with Crippen molar-refractivity contribution in [3.63, 3.8) is 0 Å². The SMILES string of the molecule is COc1cc2occc2cc1C(=O)/C=C(\O)c1ccccc1. The second-order valence-corrected chi connectivity index (χ2v) is 4.77. The first-order valence-electron chi connectivity index (χ1n) is 6.74. The number of furan rings is 1. The molecule has 1 heterocycles. The quantitative estimate of drug-likeness (QED) is 0.444. The third-order valence-electron chi connectivity index (χ3n) is 3.38. The Bertz CT molecular complexity index is 844. The third-order valence-corrected chi connectivity index (χ3v) is 3.38. The summed E-state index contributed by atoms with van der Waals surface area (Å²) in [7, 11) is 1.49. The van der Waals surface area contributed by atoms with Crippen LogP contribution in [0.5, 0.6) is 5.75 Å². The van der Waals surface area contributed by atoms with E-state index in [1.807, 2.05) is 6.07 Å². The minimum atomic E-state index is -0.332. The number of hydrogen-bond donors (Lipinski definition) is 1. The lowest BCUT2D eigenvalue weighted by atomic mass is 10.0. The molecule has 0 spiro atoms. The molecule has 110 valence electrons. The zero-order valence-electron chi connectivity index (χ0n) is 11.9. The van der Waals surface area contributed by atoms with E-state index in [0.29, 0.717) is 22.5 Å². The largest absolute Gasteiger partial charge is 0.507 e. The van der Waals surface area contributed by atoms with Gasteiger partial charge in [0.05, 0.1) is 18.9 Å². The fourth-order valence-corrected chi connectivity index (χ4v) is 2.25. The van der Waals surface area contributed by atoms with E-state index in [1.165, 1.54) is 13.2 Å². The third kappa shape index (κ3) is 2.59. The maximum atomic E-state index is 12.4. The number of fused-ring (bicyclic) bond motifs is 1. The van der Waals surface area contributed by atoms with Gasteiger partial charge in [0.25, 0.3) is 0 Å². The van der Waals surface area contributed by atoms with Crippen molar-refractivity contribution in [2.75, 3.05) is 7.11 Å². The van der Waals surface area contributed by atoms with Gasteiger partial charge < -0.3 is 14.3 Å². The average molecular weight is 294 g/mol. The Morgan fingerprint density at radius 2 is 1.95 bits per heavy atom. The molecule has 0 atom stereocenters. The van der Waals surface area contributed by atoms with E-state index in [1.54, 1.807) is 48.7 Å². The van der Waals surface area contributed by atoms with Gasteiger partial charge in [0.2, 0.25) is 0 Å². The topological polar surface area (TPSA) is 59.7 Å². The van der Waals surface area contributed by atoms with E-state index in [-0.39, 0.29) is 11.5 Å². The Kier molecular flexibility index (Phi) is 3.66. The highest BCUT2D eigenvalue weighted by atomic mass is 16.5. The van der Waals surface area contributed by atoms with E-state index in [9.17, 15) is 9.90 Å². The summed E-state index contributed by atoms with van der Waals surface area (Å²) in [6.07, 6.45) is 2.74. The number of carbonyl (C=O) groups excluding carboxylic acids is 1. The lowest BCUT2D eigenvalue weighted by Crippen LogP contribution is -2.00. The molecular formula is C18H14O4. The van der Waals surface area contributed by atoms with Crippen LogP contribution in [-0.4, -0.2) is 18.0 Å². The average Bonchev–Trinajstić information content (AvgIpc) is 3.01. The van der Waals surface area contributed by atoms with E-state index in [4.69, 9.17) is 9.15 Å². The summed E-state index contributed by atoms with van der Waals surface area (Å²) in [4.78, 5) is 12.4. The van der Waals surface area contributed by atoms with Crippen LogP contribution < -0.4 is 4.74 Å². The maximum Gasteiger partial charge on any atom is 0.193 e. The van der Waals surface area contributed by atoms with E-state index >= 15 is 0 Å². The molecule has 2 aromatic carbocycles. The van der Waals surface area contributed by atoms with Gasteiger partial charge in [-0.05, 0) is 12.1 Å². The molecule has 4 nitrogen and oxygen atoms in total. The van der Waals surface area contributed by atoms with Crippen LogP contribution in [0.3, 0.4) is 0 Å². The van der Waals surface area contributed by atoms with Crippen LogP contribution in [0, 0.1) is 0 Å². The van der Waals surface area contributed by atoms with Crippen LogP contribution in [0.25, 0.3) is 16.7 Å². The Morgan fingerprint density at radius 3 is 2.68 bits per heavy atom. The normalized spacial score (nSPS) is 11.6. The summed E-state index contributed by atoms with van der Waals surface area (Å²) >= 11 is 0. The summed E-state index contributed by atoms with van der Waals surface area (Å²) < 4.78 is 10.5. The molecule has 0 fully saturated rings. The molecule has 0 aliphatic heterocycles. The molecule has 1 N–H and O–H groups in total. The molecule has 3 aromatic rings. The van der Waals surface area contributed by atoms with Crippen molar-refractivity contribution >= 4 is 22.5 Å². The van der Waals surface area contributed by atoms with Crippen molar-refractivity contribution in [1.29, 1.82) is 0 Å². The molecule has 4 heteroatoms. The van der Waals surface area contributed by atoms with Gasteiger partial charge in [0.1, 0.15) is 17.1 Å². The number of methoxy groups -OCH3 is 1. The number of allylic oxidation sites excluding steroid dienone is 1. The Morgan fingerprint density at radius 1 is 1.18 bits per heavy atom. The number of aliphatic hydroxyl groups excluding tert-OH is 1. The molecule has 22 heavy (non-hydrogen) atoms. The first kappa shape index (κ1) is 13.9. The minimum absolute atomic E-state index is 0.0834. The van der Waals surface area contributed by atoms with Crippen LogP contribution >= 0.6 is 0 Å². The zero-order chi connectivity index (χ0) is 15.5. The molecule has 0 saturated carbocycles. The van der Waals surface area contributed by atoms with Gasteiger partial charge in [-0.3, -0.25) is 4.79 Å². The molecule has 3 rings (SSSR count). The van der Waals surface area contributed by atoms with Crippen molar-refractivity contribution in [3.8, 4) is 5.75 Å². The van der Waals surface area contributed by atoms with Crippen molar-refractivity contribution in [2.24, 2.45) is 0 Å². The fourth-order valence-electron chi connectivity index (χ4n) is 2.25. The molecule has 0 unspecified atom stereocenters. The lowest BCUT2D eigenvalue weighted by molar-refractivity contribution is 0.104. The van der Waals surface area contributed by atoms with E-state index < -0.39 is 0 Å². The predicted molar refractivity (Wildman–Crippen MR) is 84.1 cm³/mol. The van der Waals surface area contributed by atoms with Crippen LogP contribution in [0.1, 0.15) is 15.9 Å². The summed E-state index contributed by atoms with van der Waals surface area (Å²) in [5, 5.41) is 10.9. The van der Waals surface area contributed by atoms with Crippen molar-refractivity contribution in [2.45, 2.75) is 0 Å². The minimum Gasteiger partial charge on any atom is -0.507 e. The monoisotopic (exact) mass is 294 g/mol. The smallest absolute Gasteiger partial charge is 0.193 e. The Labute approximate surface area is 127 Å². The van der Waals surface area contributed by atoms with Crippen LogP contribution in [0.15, 0.2) is 65.3 Å². The van der Waals surface area contributed by atoms with Crippen LogP contribution in [0.2, 0.25) is 0 Å². The van der Waals surface area contributed by atoms with Crippen molar-refractivity contribution < 1.29 is 19.1 Å². The summed E-state index contributed by atoms with van der Waals surface area (Å²) in [6, 6.07) is 14.0. The van der Waals surface area contributed by atoms with Gasteiger partial charge in [0, 0.05) is 23.1 Å². The number of ether oxygens (including phenoxy) is 1. The highest BCUT2D eigenvalue weighted by Crippen LogP contribution is 2.28. The van der Waals surface area contributed by atoms with Crippen molar-refractivity contribution in [3.05, 3.63) is 72.0 Å². The highest BCUT2D eigenvalue weighted by Gasteiger charge is 2.14. The molecule has 1 aromatic heterocycles. The van der Waals surface area contributed by atoms with Gasteiger partial charge in [-0.1, -0.05) is 30.3 Å². The molecule has 0 bridgehead atoms. The van der Waals surface area contributed by atoms with E-state index in [2.05, 4.69) is 0 Å². The molecule has 0 aliphatic rings. The van der Waals surface area contributed by atoms with Crippen molar-refractivity contribution in [1.82, 2.24) is 0 Å². The highest BCUT2D eigenvalue weighted by molar-refractivity contribution is 6.11. The molecule has 0 saturated heterocycles. The van der Waals surface area contributed by atoms with Crippen LogP contribution in [-0.2, 0) is 0 Å². The summed E-state index contributed by atoms with van der Waals surface area (Å²) in [5.41, 5.74) is 1.60. The fraction of sp³-hybridized carbons (Fsp3) is 0.0556. The zero-order valence-corrected chi connectivity index (χ0v) is 11.9. The lowest BCUT2D eigenvalue weighted by Gasteiger charge is -2.06. The first-order valence-corrected chi connectivity index (χ1v) is 6.74. The standard InChI is InChI=1S/C18H14O4/c1-21-18-11-17-13(7-8-22-17)9-14(18)16(20)10-15(19)12-5-3-2-4-6-12/h2-11,19H,1H3/b15-10-. The van der Waals surface area contributed by atoms with E-state index in [0.717, 1.165) is 5.39 Å². The van der Waals surface area contributed by atoms with Gasteiger partial charge in [0.15, 0.2) is 5.78 Å². The predicted octanol–water partition coefficient (Wildman–Crippen LogP) is 4.22. The summed E-state index contributed by atoms with van der Waals surface area (Å²) in [6.45, 7) is 0. The van der Waals surface area contributed by atoms with Crippen LogP contribution in [0.4, 0.5) is 0 Å². The van der Waals surface area contributed by atoms with Gasteiger partial charge in [-0.2, -0.15) is 0 Å². The summed E-state index contributed by atoms with van der Waals surface area (Å²) in [5.74, 6) is -0.00851. The molecular weight excluding hydrogens is 280 g/mol. The second-order valence-electron chi connectivity index (χ2n) is 4.77. The Hall–Kier alpha value is -3.01. The number of hydrogen-bond acceptors (Lipinski definition) is 4. The maximum absolute atomic E-state index is 12.4. The second kappa shape index (κ2) is 5.77. The Balaban J connectivity index is 2.01. The van der Waals surface area contributed by atoms with Gasteiger partial charge in [-0.15, -0.1) is 0 Å². The molecule has 0 aliphatic carbocycles. The van der Waals surface area contributed by atoms with Gasteiger partial charge in [-0.25, -0.2) is 0 Å².